The van der Waals surface area contributed by atoms with Crippen LogP contribution in [0.25, 0.3) is 0 Å². The molecule has 0 aromatic heterocycles. The lowest BCUT2D eigenvalue weighted by Gasteiger charge is -2.29. The second-order valence-corrected chi connectivity index (χ2v) is 6.28. The predicted octanol–water partition coefficient (Wildman–Crippen LogP) is 3.22. The smallest absolute Gasteiger partial charge is 0.193 e. The molecule has 0 spiro atoms. The van der Waals surface area contributed by atoms with Crippen molar-refractivity contribution in [3.63, 3.8) is 0 Å². The molecule has 2 aromatic carbocycles. The SMILES string of the molecule is COc1ccc(NC(N)=NCc2ccc(N3CCOCC3)c(F)c2)cc1OC.I. The minimum Gasteiger partial charge on any atom is -0.493 e. The van der Waals surface area contributed by atoms with Crippen molar-refractivity contribution in [2.75, 3.05) is 50.7 Å². The number of nitrogens with zero attached hydrogens (tertiary/aromatic N) is 2. The number of methoxy groups -OCH3 is 2. The highest BCUT2D eigenvalue weighted by Gasteiger charge is 2.15. The van der Waals surface area contributed by atoms with Gasteiger partial charge in [-0.3, -0.25) is 0 Å². The van der Waals surface area contributed by atoms with Crippen LogP contribution in [0.2, 0.25) is 0 Å². The van der Waals surface area contributed by atoms with E-state index in [1.54, 1.807) is 38.5 Å². The normalized spacial score (nSPS) is 14.2. The molecule has 0 radical (unpaired) electrons. The van der Waals surface area contributed by atoms with Gasteiger partial charge in [-0.05, 0) is 29.8 Å². The number of morpholine rings is 1. The van der Waals surface area contributed by atoms with E-state index in [4.69, 9.17) is 19.9 Å². The summed E-state index contributed by atoms with van der Waals surface area (Å²) in [6.45, 7) is 2.88. The summed E-state index contributed by atoms with van der Waals surface area (Å²) in [6.07, 6.45) is 0. The Balaban J connectivity index is 0.00000300. The molecule has 7 nitrogen and oxygen atoms in total. The van der Waals surface area contributed by atoms with Gasteiger partial charge in [0.25, 0.3) is 0 Å². The minimum atomic E-state index is -0.263. The number of ether oxygens (including phenoxy) is 3. The first-order chi connectivity index (χ1) is 13.6. The lowest BCUT2D eigenvalue weighted by atomic mass is 10.1. The van der Waals surface area contributed by atoms with Crippen LogP contribution in [-0.2, 0) is 11.3 Å². The maximum absolute atomic E-state index is 14.5. The molecule has 1 saturated heterocycles. The molecular formula is C20H26FIN4O3. The van der Waals surface area contributed by atoms with Crippen LogP contribution < -0.4 is 25.4 Å². The maximum atomic E-state index is 14.5. The highest BCUT2D eigenvalue weighted by atomic mass is 127. The fourth-order valence-electron chi connectivity index (χ4n) is 2.99. The molecule has 0 unspecified atom stereocenters. The minimum absolute atomic E-state index is 0. The molecule has 29 heavy (non-hydrogen) atoms. The number of rotatable bonds is 6. The van der Waals surface area contributed by atoms with Crippen molar-refractivity contribution in [3.8, 4) is 11.5 Å². The van der Waals surface area contributed by atoms with Gasteiger partial charge in [0.2, 0.25) is 0 Å². The first-order valence-electron chi connectivity index (χ1n) is 9.01. The fraction of sp³-hybridized carbons (Fsp3) is 0.350. The average Bonchev–Trinajstić information content (AvgIpc) is 2.73. The van der Waals surface area contributed by atoms with E-state index in [0.29, 0.717) is 49.2 Å². The van der Waals surface area contributed by atoms with Gasteiger partial charge in [-0.15, -0.1) is 24.0 Å². The van der Waals surface area contributed by atoms with Crippen molar-refractivity contribution in [2.24, 2.45) is 10.7 Å². The third-order valence-electron chi connectivity index (χ3n) is 4.45. The van der Waals surface area contributed by atoms with E-state index in [1.807, 2.05) is 11.0 Å². The zero-order valence-corrected chi connectivity index (χ0v) is 18.8. The van der Waals surface area contributed by atoms with Crippen molar-refractivity contribution in [3.05, 3.63) is 47.8 Å². The van der Waals surface area contributed by atoms with Crippen LogP contribution in [0.3, 0.4) is 0 Å². The zero-order valence-electron chi connectivity index (χ0n) is 16.5. The molecule has 0 aliphatic carbocycles. The van der Waals surface area contributed by atoms with Crippen LogP contribution in [0.4, 0.5) is 15.8 Å². The first kappa shape index (κ1) is 23.0. The molecule has 9 heteroatoms. The lowest BCUT2D eigenvalue weighted by molar-refractivity contribution is 0.122. The Morgan fingerprint density at radius 2 is 1.86 bits per heavy atom. The number of nitrogens with one attached hydrogen (secondary N) is 1. The van der Waals surface area contributed by atoms with Gasteiger partial charge >= 0.3 is 0 Å². The summed E-state index contributed by atoms with van der Waals surface area (Å²) in [5.41, 5.74) is 8.00. The monoisotopic (exact) mass is 516 g/mol. The molecule has 2 aromatic rings. The van der Waals surface area contributed by atoms with E-state index in [2.05, 4.69) is 10.3 Å². The van der Waals surface area contributed by atoms with Gasteiger partial charge in [0.05, 0.1) is 39.7 Å². The molecule has 0 saturated carbocycles. The summed E-state index contributed by atoms with van der Waals surface area (Å²) in [7, 11) is 3.14. The quantitative estimate of drug-likeness (QED) is 0.349. The van der Waals surface area contributed by atoms with Crippen LogP contribution in [-0.4, -0.2) is 46.5 Å². The van der Waals surface area contributed by atoms with Gasteiger partial charge in [-0.25, -0.2) is 9.38 Å². The molecule has 3 rings (SSSR count). The molecule has 158 valence electrons. The average molecular weight is 516 g/mol. The van der Waals surface area contributed by atoms with Crippen LogP contribution in [0, 0.1) is 5.82 Å². The molecule has 0 bridgehead atoms. The van der Waals surface area contributed by atoms with Crippen LogP contribution in [0.5, 0.6) is 11.5 Å². The maximum Gasteiger partial charge on any atom is 0.193 e. The second-order valence-electron chi connectivity index (χ2n) is 6.28. The van der Waals surface area contributed by atoms with E-state index < -0.39 is 0 Å². The number of nitrogens with two attached hydrogens (primary N) is 1. The van der Waals surface area contributed by atoms with Crippen molar-refractivity contribution in [1.82, 2.24) is 0 Å². The van der Waals surface area contributed by atoms with Crippen molar-refractivity contribution in [2.45, 2.75) is 6.54 Å². The van der Waals surface area contributed by atoms with Crippen molar-refractivity contribution >= 4 is 41.3 Å². The summed E-state index contributed by atoms with van der Waals surface area (Å²) in [5.74, 6) is 1.17. The Hall–Kier alpha value is -2.27. The number of guanidine groups is 1. The van der Waals surface area contributed by atoms with Crippen LogP contribution >= 0.6 is 24.0 Å². The summed E-state index contributed by atoms with van der Waals surface area (Å²) in [6, 6.07) is 10.5. The van der Waals surface area contributed by atoms with E-state index in [-0.39, 0.29) is 42.3 Å². The molecule has 1 heterocycles. The van der Waals surface area contributed by atoms with E-state index in [0.717, 1.165) is 5.56 Å². The Labute approximate surface area is 187 Å². The van der Waals surface area contributed by atoms with Gasteiger partial charge < -0.3 is 30.2 Å². The highest BCUT2D eigenvalue weighted by Crippen LogP contribution is 2.29. The third kappa shape index (κ3) is 6.10. The molecular weight excluding hydrogens is 490 g/mol. The number of hydrogen-bond acceptors (Lipinski definition) is 5. The Morgan fingerprint density at radius 1 is 1.14 bits per heavy atom. The Morgan fingerprint density at radius 3 is 2.52 bits per heavy atom. The number of halogens is 2. The topological polar surface area (TPSA) is 81.3 Å². The van der Waals surface area contributed by atoms with Crippen molar-refractivity contribution < 1.29 is 18.6 Å². The lowest BCUT2D eigenvalue weighted by Crippen LogP contribution is -2.36. The second kappa shape index (κ2) is 11.1. The first-order valence-corrected chi connectivity index (χ1v) is 9.01. The summed E-state index contributed by atoms with van der Waals surface area (Å²) >= 11 is 0. The van der Waals surface area contributed by atoms with Gasteiger partial charge in [0, 0.05) is 24.8 Å². The van der Waals surface area contributed by atoms with Gasteiger partial charge in [0.1, 0.15) is 5.82 Å². The molecule has 1 fully saturated rings. The van der Waals surface area contributed by atoms with Crippen LogP contribution in [0.1, 0.15) is 5.56 Å². The Bertz CT molecular complexity index is 844. The number of hydrogen-bond donors (Lipinski definition) is 2. The number of aliphatic imine (C=N–C) groups is 1. The predicted molar refractivity (Wildman–Crippen MR) is 123 cm³/mol. The molecule has 1 aliphatic heterocycles. The molecule has 1 aliphatic rings. The van der Waals surface area contributed by atoms with E-state index >= 15 is 0 Å². The highest BCUT2D eigenvalue weighted by molar-refractivity contribution is 14.0. The molecule has 0 amide bonds. The standard InChI is InChI=1S/C20H25FN4O3.HI/c1-26-18-6-4-15(12-19(18)27-2)24-20(22)23-13-14-3-5-17(16(21)11-14)25-7-9-28-10-8-25;/h3-6,11-12H,7-10,13H2,1-2H3,(H3,22,23,24);1H. The van der Waals surface area contributed by atoms with Crippen molar-refractivity contribution in [1.29, 1.82) is 0 Å². The molecule has 0 atom stereocenters. The summed E-state index contributed by atoms with van der Waals surface area (Å²) in [4.78, 5) is 6.27. The Kier molecular flexibility index (Phi) is 8.77. The van der Waals surface area contributed by atoms with E-state index in [1.165, 1.54) is 6.07 Å². The number of benzene rings is 2. The summed E-state index contributed by atoms with van der Waals surface area (Å²) in [5, 5.41) is 2.99. The summed E-state index contributed by atoms with van der Waals surface area (Å²) < 4.78 is 30.2. The zero-order chi connectivity index (χ0) is 19.9. The van der Waals surface area contributed by atoms with E-state index in [9.17, 15) is 4.39 Å². The number of anilines is 2. The fourth-order valence-corrected chi connectivity index (χ4v) is 2.99. The largest absolute Gasteiger partial charge is 0.493 e. The third-order valence-corrected chi connectivity index (χ3v) is 4.45. The van der Waals surface area contributed by atoms with Gasteiger partial charge in [-0.2, -0.15) is 0 Å². The van der Waals surface area contributed by atoms with Crippen LogP contribution in [0.15, 0.2) is 41.4 Å². The van der Waals surface area contributed by atoms with Gasteiger partial charge in [0.15, 0.2) is 17.5 Å². The van der Waals surface area contributed by atoms with Gasteiger partial charge in [-0.1, -0.05) is 6.07 Å². The molecule has 3 N–H and O–H groups in total.